The Kier molecular flexibility index (Phi) is 5.66. The van der Waals surface area contributed by atoms with Crippen LogP contribution in [-0.4, -0.2) is 7.05 Å². The molecule has 0 heterocycles. The SMILES string of the molecule is CC(CCc1ccc(N(C)c2ccc3c(c2)Cc2ccccc2-3)cc1)c1ccc2c(c1)Cc1ccccc1-2. The summed E-state index contributed by atoms with van der Waals surface area (Å²) in [5, 5.41) is 0. The summed E-state index contributed by atoms with van der Waals surface area (Å²) in [7, 11) is 2.17. The lowest BCUT2D eigenvalue weighted by atomic mass is 9.91. The first-order valence-electron chi connectivity index (χ1n) is 13.9. The van der Waals surface area contributed by atoms with Crippen molar-refractivity contribution in [1.29, 1.82) is 0 Å². The molecule has 0 fully saturated rings. The average molecular weight is 492 g/mol. The van der Waals surface area contributed by atoms with Crippen LogP contribution in [0.1, 0.15) is 52.6 Å². The Morgan fingerprint density at radius 2 is 1.13 bits per heavy atom. The van der Waals surface area contributed by atoms with E-state index >= 15 is 0 Å². The molecule has 5 aromatic carbocycles. The molecule has 0 radical (unpaired) electrons. The van der Waals surface area contributed by atoms with Crippen molar-refractivity contribution in [3.63, 3.8) is 0 Å². The highest BCUT2D eigenvalue weighted by molar-refractivity contribution is 5.80. The molecule has 0 amide bonds. The summed E-state index contributed by atoms with van der Waals surface area (Å²) >= 11 is 0. The second-order valence-electron chi connectivity index (χ2n) is 11.1. The second-order valence-corrected chi connectivity index (χ2v) is 11.1. The molecule has 0 aromatic heterocycles. The van der Waals surface area contributed by atoms with Gasteiger partial charge in [0.1, 0.15) is 0 Å². The van der Waals surface area contributed by atoms with Gasteiger partial charge in [0.2, 0.25) is 0 Å². The Labute approximate surface area is 226 Å². The lowest BCUT2D eigenvalue weighted by molar-refractivity contribution is 0.679. The third kappa shape index (κ3) is 4.03. The summed E-state index contributed by atoms with van der Waals surface area (Å²) in [5.41, 5.74) is 16.8. The largest absolute Gasteiger partial charge is 0.345 e. The predicted molar refractivity (Wildman–Crippen MR) is 161 cm³/mol. The minimum Gasteiger partial charge on any atom is -0.345 e. The Morgan fingerprint density at radius 3 is 1.82 bits per heavy atom. The van der Waals surface area contributed by atoms with Crippen LogP contribution in [-0.2, 0) is 19.3 Å². The molecule has 186 valence electrons. The molecule has 5 aromatic rings. The van der Waals surface area contributed by atoms with Crippen molar-refractivity contribution >= 4 is 11.4 Å². The Hall–Kier alpha value is -4.10. The molecule has 1 heteroatoms. The molecule has 0 bridgehead atoms. The number of fused-ring (bicyclic) bond motifs is 6. The van der Waals surface area contributed by atoms with E-state index in [0.717, 1.165) is 25.7 Å². The standard InChI is InChI=1S/C37H33N/c1-25(27-15-19-36-30(21-27)22-28-7-3-5-9-34(28)36)11-12-26-13-16-32(17-14-26)38(2)33-18-20-37-31(24-33)23-29-8-4-6-10-35(29)37/h3-10,13-21,24-25H,11-12,22-23H2,1-2H3. The zero-order chi connectivity index (χ0) is 25.6. The van der Waals surface area contributed by atoms with Gasteiger partial charge in [0.25, 0.3) is 0 Å². The number of nitrogens with zero attached hydrogens (tertiary/aromatic N) is 1. The van der Waals surface area contributed by atoms with Crippen LogP contribution in [0.25, 0.3) is 22.3 Å². The topological polar surface area (TPSA) is 3.24 Å². The number of aryl methyl sites for hydroxylation is 1. The molecule has 0 N–H and O–H groups in total. The van der Waals surface area contributed by atoms with E-state index in [4.69, 9.17) is 0 Å². The summed E-state index contributed by atoms with van der Waals surface area (Å²) in [4.78, 5) is 2.30. The predicted octanol–water partition coefficient (Wildman–Crippen LogP) is 9.33. The molecule has 0 aliphatic heterocycles. The van der Waals surface area contributed by atoms with Crippen molar-refractivity contribution in [3.8, 4) is 22.3 Å². The van der Waals surface area contributed by atoms with Crippen molar-refractivity contribution in [1.82, 2.24) is 0 Å². The number of hydrogen-bond acceptors (Lipinski definition) is 1. The maximum Gasteiger partial charge on any atom is 0.0411 e. The molecule has 1 atom stereocenters. The van der Waals surface area contributed by atoms with Crippen molar-refractivity contribution in [2.24, 2.45) is 0 Å². The van der Waals surface area contributed by atoms with Crippen LogP contribution in [0, 0.1) is 0 Å². The maximum atomic E-state index is 2.45. The van der Waals surface area contributed by atoms with Gasteiger partial charge in [-0.25, -0.2) is 0 Å². The van der Waals surface area contributed by atoms with Crippen LogP contribution in [0.2, 0.25) is 0 Å². The third-order valence-electron chi connectivity index (χ3n) is 8.74. The minimum atomic E-state index is 0.543. The van der Waals surface area contributed by atoms with Crippen LogP contribution in [0.4, 0.5) is 11.4 Å². The number of hydrogen-bond donors (Lipinski definition) is 0. The average Bonchev–Trinajstić information content (AvgIpc) is 3.53. The lowest BCUT2D eigenvalue weighted by Crippen LogP contribution is -2.09. The van der Waals surface area contributed by atoms with Crippen LogP contribution >= 0.6 is 0 Å². The van der Waals surface area contributed by atoms with Crippen molar-refractivity contribution in [3.05, 3.63) is 143 Å². The van der Waals surface area contributed by atoms with E-state index in [0.29, 0.717) is 5.92 Å². The van der Waals surface area contributed by atoms with Gasteiger partial charge in [0.05, 0.1) is 0 Å². The molecule has 1 unspecified atom stereocenters. The van der Waals surface area contributed by atoms with Gasteiger partial charge in [-0.3, -0.25) is 0 Å². The van der Waals surface area contributed by atoms with Gasteiger partial charge in [-0.2, -0.15) is 0 Å². The number of rotatable bonds is 6. The first-order chi connectivity index (χ1) is 18.6. The second kappa shape index (κ2) is 9.33. The summed E-state index contributed by atoms with van der Waals surface area (Å²) in [6, 6.07) is 40.8. The fourth-order valence-electron chi connectivity index (χ4n) is 6.40. The summed E-state index contributed by atoms with van der Waals surface area (Å²) in [6.07, 6.45) is 4.35. The van der Waals surface area contributed by atoms with Crippen LogP contribution < -0.4 is 4.90 Å². The van der Waals surface area contributed by atoms with E-state index in [-0.39, 0.29) is 0 Å². The molecule has 7 rings (SSSR count). The van der Waals surface area contributed by atoms with E-state index in [9.17, 15) is 0 Å². The van der Waals surface area contributed by atoms with Crippen LogP contribution in [0.5, 0.6) is 0 Å². The van der Waals surface area contributed by atoms with Gasteiger partial charge >= 0.3 is 0 Å². The van der Waals surface area contributed by atoms with E-state index in [1.807, 2.05) is 0 Å². The lowest BCUT2D eigenvalue weighted by Gasteiger charge is -2.21. The number of benzene rings is 5. The quantitative estimate of drug-likeness (QED) is 0.224. The minimum absolute atomic E-state index is 0.543. The third-order valence-corrected chi connectivity index (χ3v) is 8.74. The van der Waals surface area contributed by atoms with Gasteiger partial charge in [0, 0.05) is 18.4 Å². The first-order valence-corrected chi connectivity index (χ1v) is 13.9. The maximum absolute atomic E-state index is 2.45. The Bertz CT molecular complexity index is 1640. The Balaban J connectivity index is 1.01. The number of anilines is 2. The fourth-order valence-corrected chi connectivity index (χ4v) is 6.40. The molecular formula is C37H33N. The molecule has 38 heavy (non-hydrogen) atoms. The van der Waals surface area contributed by atoms with Gasteiger partial charge in [0.15, 0.2) is 0 Å². The molecule has 1 nitrogen and oxygen atoms in total. The Morgan fingerprint density at radius 1 is 0.579 bits per heavy atom. The monoisotopic (exact) mass is 491 g/mol. The van der Waals surface area contributed by atoms with E-state index in [2.05, 4.69) is 128 Å². The van der Waals surface area contributed by atoms with Crippen molar-refractivity contribution in [2.75, 3.05) is 11.9 Å². The zero-order valence-electron chi connectivity index (χ0n) is 22.2. The van der Waals surface area contributed by atoms with Gasteiger partial charge < -0.3 is 4.90 Å². The van der Waals surface area contributed by atoms with E-state index in [1.54, 1.807) is 0 Å². The normalized spacial score (nSPS) is 13.4. The van der Waals surface area contributed by atoms with Gasteiger partial charge in [-0.15, -0.1) is 0 Å². The van der Waals surface area contributed by atoms with Crippen molar-refractivity contribution in [2.45, 2.75) is 38.5 Å². The van der Waals surface area contributed by atoms with Crippen LogP contribution in [0.15, 0.2) is 109 Å². The summed E-state index contributed by atoms with van der Waals surface area (Å²) in [6.45, 7) is 2.37. The molecule has 0 spiro atoms. The molecule has 0 saturated carbocycles. The van der Waals surface area contributed by atoms with E-state index in [1.165, 1.54) is 67.0 Å². The molecule has 0 saturated heterocycles. The molecule has 2 aliphatic carbocycles. The fraction of sp³-hybridized carbons (Fsp3) is 0.189. The summed E-state index contributed by atoms with van der Waals surface area (Å²) < 4.78 is 0. The van der Waals surface area contributed by atoms with E-state index < -0.39 is 0 Å². The highest BCUT2D eigenvalue weighted by Crippen LogP contribution is 2.40. The van der Waals surface area contributed by atoms with Gasteiger partial charge in [-0.05, 0) is 112 Å². The molecular weight excluding hydrogens is 458 g/mol. The first kappa shape index (κ1) is 23.0. The highest BCUT2D eigenvalue weighted by atomic mass is 15.1. The van der Waals surface area contributed by atoms with Crippen LogP contribution in [0.3, 0.4) is 0 Å². The molecule has 2 aliphatic rings. The van der Waals surface area contributed by atoms with Crippen molar-refractivity contribution < 1.29 is 0 Å². The van der Waals surface area contributed by atoms with Gasteiger partial charge in [-0.1, -0.05) is 91.9 Å². The highest BCUT2D eigenvalue weighted by Gasteiger charge is 2.20. The summed E-state index contributed by atoms with van der Waals surface area (Å²) in [5.74, 6) is 0.543. The zero-order valence-corrected chi connectivity index (χ0v) is 22.2. The smallest absolute Gasteiger partial charge is 0.0411 e.